The van der Waals surface area contributed by atoms with E-state index in [9.17, 15) is 12.8 Å². The Morgan fingerprint density at radius 3 is 2.71 bits per heavy atom. The highest BCUT2D eigenvalue weighted by Gasteiger charge is 2.36. The highest BCUT2D eigenvalue weighted by molar-refractivity contribution is 7.89. The van der Waals surface area contributed by atoms with Gasteiger partial charge in [0.05, 0.1) is 0 Å². The zero-order valence-corrected chi connectivity index (χ0v) is 13.6. The van der Waals surface area contributed by atoms with Crippen LogP contribution in [-0.2, 0) is 10.0 Å². The first-order valence-corrected chi connectivity index (χ1v) is 8.50. The van der Waals surface area contributed by atoms with E-state index in [-0.39, 0.29) is 28.4 Å². The summed E-state index contributed by atoms with van der Waals surface area (Å²) in [7, 11) is -3.83. The zero-order chi connectivity index (χ0) is 14.3. The van der Waals surface area contributed by atoms with Crippen LogP contribution in [0, 0.1) is 5.82 Å². The Morgan fingerprint density at radius 1 is 1.24 bits per heavy atom. The van der Waals surface area contributed by atoms with Crippen LogP contribution in [0.15, 0.2) is 23.1 Å². The van der Waals surface area contributed by atoms with Gasteiger partial charge in [-0.05, 0) is 37.5 Å². The summed E-state index contributed by atoms with van der Waals surface area (Å²) < 4.78 is 40.4. The van der Waals surface area contributed by atoms with Gasteiger partial charge >= 0.3 is 0 Å². The quantitative estimate of drug-likeness (QED) is 0.887. The number of fused-ring (bicyclic) bond motifs is 2. The number of halogens is 3. The van der Waals surface area contributed by atoms with Crippen LogP contribution >= 0.6 is 24.0 Å². The van der Waals surface area contributed by atoms with Crippen LogP contribution < -0.4 is 5.32 Å². The van der Waals surface area contributed by atoms with Gasteiger partial charge in [-0.1, -0.05) is 11.6 Å². The first-order chi connectivity index (χ1) is 9.46. The summed E-state index contributed by atoms with van der Waals surface area (Å²) in [6.45, 7) is 0.813. The maximum atomic E-state index is 13.8. The van der Waals surface area contributed by atoms with Gasteiger partial charge in [0.25, 0.3) is 0 Å². The topological polar surface area (TPSA) is 49.4 Å². The fourth-order valence-electron chi connectivity index (χ4n) is 2.94. The average molecular weight is 355 g/mol. The summed E-state index contributed by atoms with van der Waals surface area (Å²) in [5.74, 6) is -0.753. The van der Waals surface area contributed by atoms with Gasteiger partial charge < -0.3 is 5.32 Å². The number of nitrogens with one attached hydrogen (secondary N) is 1. The van der Waals surface area contributed by atoms with Crippen molar-refractivity contribution in [3.63, 3.8) is 0 Å². The van der Waals surface area contributed by atoms with Crippen LogP contribution in [-0.4, -0.2) is 37.9 Å². The van der Waals surface area contributed by atoms with Gasteiger partial charge in [0, 0.05) is 30.2 Å². The second kappa shape index (κ2) is 6.38. The minimum Gasteiger partial charge on any atom is -0.310 e. The molecule has 0 saturated carbocycles. The van der Waals surface area contributed by atoms with Crippen molar-refractivity contribution >= 4 is 34.0 Å². The fraction of sp³-hybridized carbons (Fsp3) is 0.538. The Balaban J connectivity index is 0.00000161. The number of hydrogen-bond acceptors (Lipinski definition) is 3. The van der Waals surface area contributed by atoms with E-state index >= 15 is 0 Å². The minimum absolute atomic E-state index is 0. The van der Waals surface area contributed by atoms with Crippen molar-refractivity contribution in [2.24, 2.45) is 0 Å². The van der Waals surface area contributed by atoms with Crippen LogP contribution in [0.2, 0.25) is 5.02 Å². The summed E-state index contributed by atoms with van der Waals surface area (Å²) in [5.41, 5.74) is 0. The van der Waals surface area contributed by atoms with Gasteiger partial charge in [-0.15, -0.1) is 12.4 Å². The second-order valence-corrected chi connectivity index (χ2v) is 7.71. The van der Waals surface area contributed by atoms with Crippen LogP contribution in [0.1, 0.15) is 19.3 Å². The molecule has 2 bridgehead atoms. The number of sulfonamides is 1. The lowest BCUT2D eigenvalue weighted by molar-refractivity contribution is 0.381. The van der Waals surface area contributed by atoms with E-state index in [2.05, 4.69) is 5.32 Å². The summed E-state index contributed by atoms with van der Waals surface area (Å²) in [6.07, 6.45) is 2.82. The number of nitrogens with zero attached hydrogens (tertiary/aromatic N) is 1. The fourth-order valence-corrected chi connectivity index (χ4v) is 4.77. The molecule has 3 rings (SSSR count). The molecule has 0 amide bonds. The van der Waals surface area contributed by atoms with E-state index in [4.69, 9.17) is 11.6 Å². The van der Waals surface area contributed by atoms with E-state index in [0.29, 0.717) is 19.1 Å². The molecule has 1 N–H and O–H groups in total. The van der Waals surface area contributed by atoms with Gasteiger partial charge in [0.15, 0.2) is 0 Å². The van der Waals surface area contributed by atoms with Crippen LogP contribution in [0.4, 0.5) is 4.39 Å². The molecule has 2 unspecified atom stereocenters. The molecule has 2 fully saturated rings. The molecular formula is C13H17Cl2FN2O2S. The molecule has 1 aromatic rings. The standard InChI is InChI=1S/C13H16ClFN2O2S.ClH/c14-9-1-4-12(15)13(7-9)20(18,19)17-6-5-10-2-3-11(8-17)16-10;/h1,4,7,10-11,16H,2-3,5-6,8H2;1H. The summed E-state index contributed by atoms with van der Waals surface area (Å²) in [6, 6.07) is 4.17. The molecule has 0 aliphatic carbocycles. The lowest BCUT2D eigenvalue weighted by Gasteiger charge is -2.23. The van der Waals surface area contributed by atoms with E-state index in [0.717, 1.165) is 25.3 Å². The van der Waals surface area contributed by atoms with Crippen molar-refractivity contribution < 1.29 is 12.8 Å². The van der Waals surface area contributed by atoms with Crippen molar-refractivity contribution in [2.75, 3.05) is 13.1 Å². The highest BCUT2D eigenvalue weighted by Crippen LogP contribution is 2.27. The summed E-state index contributed by atoms with van der Waals surface area (Å²) >= 11 is 5.80. The molecule has 0 radical (unpaired) electrons. The molecule has 2 saturated heterocycles. The Morgan fingerprint density at radius 2 is 1.95 bits per heavy atom. The van der Waals surface area contributed by atoms with Crippen molar-refractivity contribution in [2.45, 2.75) is 36.2 Å². The normalized spacial score (nSPS) is 26.2. The third-order valence-electron chi connectivity index (χ3n) is 4.00. The third-order valence-corrected chi connectivity index (χ3v) is 6.11. The van der Waals surface area contributed by atoms with Crippen molar-refractivity contribution in [3.05, 3.63) is 29.0 Å². The molecule has 1 aromatic carbocycles. The third kappa shape index (κ3) is 3.35. The van der Waals surface area contributed by atoms with E-state index in [1.807, 2.05) is 0 Å². The Hall–Kier alpha value is -0.400. The SMILES string of the molecule is Cl.O=S(=O)(c1cc(Cl)ccc1F)N1CCC2CCC(C1)N2. The van der Waals surface area contributed by atoms with Gasteiger partial charge in [-0.3, -0.25) is 0 Å². The van der Waals surface area contributed by atoms with E-state index in [1.165, 1.54) is 16.4 Å². The molecule has 2 aliphatic rings. The monoisotopic (exact) mass is 354 g/mol. The highest BCUT2D eigenvalue weighted by atomic mass is 35.5. The first kappa shape index (κ1) is 17.0. The first-order valence-electron chi connectivity index (χ1n) is 6.68. The number of hydrogen-bond donors (Lipinski definition) is 1. The molecule has 0 aromatic heterocycles. The molecule has 2 atom stereocenters. The van der Waals surface area contributed by atoms with Crippen LogP contribution in [0.3, 0.4) is 0 Å². The zero-order valence-electron chi connectivity index (χ0n) is 11.3. The maximum absolute atomic E-state index is 13.8. The molecule has 2 aliphatic heterocycles. The van der Waals surface area contributed by atoms with E-state index in [1.54, 1.807) is 0 Å². The van der Waals surface area contributed by atoms with Crippen molar-refractivity contribution in [1.82, 2.24) is 9.62 Å². The molecular weight excluding hydrogens is 338 g/mol. The Bertz CT molecular complexity index is 627. The predicted octanol–water partition coefficient (Wildman–Crippen LogP) is 2.42. The summed E-state index contributed by atoms with van der Waals surface area (Å²) in [5, 5.41) is 3.63. The van der Waals surface area contributed by atoms with Gasteiger partial charge in [-0.25, -0.2) is 12.8 Å². The van der Waals surface area contributed by atoms with Gasteiger partial charge in [0.2, 0.25) is 10.0 Å². The molecule has 8 heteroatoms. The Labute approximate surface area is 135 Å². The molecule has 0 spiro atoms. The van der Waals surface area contributed by atoms with Crippen LogP contribution in [0.25, 0.3) is 0 Å². The molecule has 21 heavy (non-hydrogen) atoms. The predicted molar refractivity (Wildman–Crippen MR) is 82.0 cm³/mol. The van der Waals surface area contributed by atoms with Crippen molar-refractivity contribution in [3.8, 4) is 0 Å². The van der Waals surface area contributed by atoms with Crippen molar-refractivity contribution in [1.29, 1.82) is 0 Å². The van der Waals surface area contributed by atoms with Crippen LogP contribution in [0.5, 0.6) is 0 Å². The Kier molecular flexibility index (Phi) is 5.15. The second-order valence-electron chi connectivity index (χ2n) is 5.36. The number of rotatable bonds is 2. The van der Waals surface area contributed by atoms with E-state index < -0.39 is 15.8 Å². The lowest BCUT2D eigenvalue weighted by atomic mass is 10.1. The molecule has 2 heterocycles. The lowest BCUT2D eigenvalue weighted by Crippen LogP contribution is -2.39. The van der Waals surface area contributed by atoms with Gasteiger partial charge in [-0.2, -0.15) is 4.31 Å². The maximum Gasteiger partial charge on any atom is 0.246 e. The summed E-state index contributed by atoms with van der Waals surface area (Å²) in [4.78, 5) is -0.331. The smallest absolute Gasteiger partial charge is 0.246 e. The number of benzene rings is 1. The molecule has 118 valence electrons. The minimum atomic E-state index is -3.83. The largest absolute Gasteiger partial charge is 0.310 e. The average Bonchev–Trinajstić information content (AvgIpc) is 2.71. The molecule has 4 nitrogen and oxygen atoms in total. The van der Waals surface area contributed by atoms with Gasteiger partial charge in [0.1, 0.15) is 10.7 Å².